The highest BCUT2D eigenvalue weighted by atomic mass is 35.5. The maximum atomic E-state index is 13.1. The molecule has 1 heterocycles. The van der Waals surface area contributed by atoms with E-state index in [1.807, 2.05) is 41.5 Å². The largest absolute Gasteiger partial charge is 0.341 e. The molecule has 0 bridgehead atoms. The quantitative estimate of drug-likeness (QED) is 0.570. The lowest BCUT2D eigenvalue weighted by Gasteiger charge is -2.35. The normalized spacial score (nSPS) is 25.1. The summed E-state index contributed by atoms with van der Waals surface area (Å²) in [5.41, 5.74) is 0.915. The molecule has 0 aromatic heterocycles. The first-order chi connectivity index (χ1) is 12.9. The number of carbonyl (C=O) groups excluding carboxylic acids is 1. The Labute approximate surface area is 181 Å². The minimum Gasteiger partial charge on any atom is -0.341 e. The summed E-state index contributed by atoms with van der Waals surface area (Å²) in [6.07, 6.45) is 9.51. The second-order valence-electron chi connectivity index (χ2n) is 7.53. The number of benzene rings is 1. The fraction of sp³-hybridized carbons (Fsp3) is 0.650. The zero-order valence-electron chi connectivity index (χ0n) is 16.2. The van der Waals surface area contributed by atoms with Crippen molar-refractivity contribution in [3.8, 4) is 0 Å². The Morgan fingerprint density at radius 1 is 1.19 bits per heavy atom. The summed E-state index contributed by atoms with van der Waals surface area (Å²) >= 11 is 16.0. The van der Waals surface area contributed by atoms with Gasteiger partial charge in [-0.2, -0.15) is 0 Å². The van der Waals surface area contributed by atoms with Gasteiger partial charge in [0.25, 0.3) is 0 Å². The van der Waals surface area contributed by atoms with E-state index < -0.39 is 0 Å². The van der Waals surface area contributed by atoms with Crippen LogP contribution < -0.4 is 0 Å². The Morgan fingerprint density at radius 2 is 1.85 bits per heavy atom. The first-order valence-corrected chi connectivity index (χ1v) is 12.6. The maximum absolute atomic E-state index is 13.1. The Bertz CT molecular complexity index is 678. The number of nitrogens with zero attached hydrogens (tertiary/aromatic N) is 2. The summed E-state index contributed by atoms with van der Waals surface area (Å²) in [5.74, 6) is 0.153. The first-order valence-electron chi connectivity index (χ1n) is 9.43. The number of carbonyl (C=O) groups is 1. The van der Waals surface area contributed by atoms with Gasteiger partial charge in [0.15, 0.2) is 0 Å². The summed E-state index contributed by atoms with van der Waals surface area (Å²) in [7, 11) is 1.98. The van der Waals surface area contributed by atoms with Gasteiger partial charge < -0.3 is 4.90 Å². The van der Waals surface area contributed by atoms with Gasteiger partial charge in [-0.3, -0.25) is 9.69 Å². The van der Waals surface area contributed by atoms with E-state index in [1.165, 1.54) is 12.8 Å². The molecule has 2 atom stereocenters. The summed E-state index contributed by atoms with van der Waals surface area (Å²) in [6.45, 7) is 2.32. The standard InChI is InChI=1S/C20H28Cl2N2OS2/c1-23(19(25)11-14-6-7-15(21)16(22)10-14)17-12-20(26-2,27-3)13-18(17)24-8-4-5-9-24/h6-7,10,17-18H,4-5,8-9,11-13H2,1-3H3. The van der Waals surface area contributed by atoms with Crippen LogP contribution >= 0.6 is 46.7 Å². The van der Waals surface area contributed by atoms with E-state index in [2.05, 4.69) is 17.4 Å². The van der Waals surface area contributed by atoms with E-state index in [-0.39, 0.29) is 16.0 Å². The number of halogens is 2. The molecule has 0 N–H and O–H groups in total. The van der Waals surface area contributed by atoms with Gasteiger partial charge in [0.1, 0.15) is 0 Å². The van der Waals surface area contributed by atoms with E-state index in [1.54, 1.807) is 12.1 Å². The number of amides is 1. The highest BCUT2D eigenvalue weighted by Crippen LogP contribution is 2.50. The molecule has 1 saturated carbocycles. The van der Waals surface area contributed by atoms with Crippen molar-refractivity contribution in [2.24, 2.45) is 0 Å². The molecule has 27 heavy (non-hydrogen) atoms. The lowest BCUT2D eigenvalue weighted by atomic mass is 10.1. The molecule has 0 spiro atoms. The van der Waals surface area contributed by atoms with Crippen LogP contribution in [0.3, 0.4) is 0 Å². The Kier molecular flexibility index (Phi) is 7.34. The fourth-order valence-electron chi connectivity index (χ4n) is 4.38. The smallest absolute Gasteiger partial charge is 0.227 e. The molecule has 1 aromatic carbocycles. The topological polar surface area (TPSA) is 23.6 Å². The predicted octanol–water partition coefficient (Wildman–Crippen LogP) is 5.04. The Balaban J connectivity index is 1.75. The van der Waals surface area contributed by atoms with Crippen molar-refractivity contribution in [1.82, 2.24) is 9.80 Å². The van der Waals surface area contributed by atoms with Gasteiger partial charge in [-0.1, -0.05) is 29.3 Å². The van der Waals surface area contributed by atoms with Crippen LogP contribution in [0.2, 0.25) is 10.0 Å². The Morgan fingerprint density at radius 3 is 2.44 bits per heavy atom. The van der Waals surface area contributed by atoms with Gasteiger partial charge in [0.2, 0.25) is 5.91 Å². The van der Waals surface area contributed by atoms with Gasteiger partial charge >= 0.3 is 0 Å². The monoisotopic (exact) mass is 446 g/mol. The van der Waals surface area contributed by atoms with Crippen LogP contribution in [0.5, 0.6) is 0 Å². The zero-order valence-corrected chi connectivity index (χ0v) is 19.4. The first kappa shape index (κ1) is 21.6. The van der Waals surface area contributed by atoms with Crippen molar-refractivity contribution < 1.29 is 4.79 Å². The summed E-state index contributed by atoms with van der Waals surface area (Å²) in [6, 6.07) is 6.17. The summed E-state index contributed by atoms with van der Waals surface area (Å²) in [5, 5.41) is 1.03. The molecule has 1 aliphatic carbocycles. The van der Waals surface area contributed by atoms with Gasteiger partial charge in [-0.15, -0.1) is 23.5 Å². The van der Waals surface area contributed by atoms with Crippen LogP contribution in [0.1, 0.15) is 31.2 Å². The molecule has 2 aliphatic rings. The lowest BCUT2D eigenvalue weighted by molar-refractivity contribution is -0.132. The van der Waals surface area contributed by atoms with Gasteiger partial charge in [0.05, 0.1) is 20.5 Å². The average molecular weight is 447 g/mol. The van der Waals surface area contributed by atoms with Crippen molar-refractivity contribution in [1.29, 1.82) is 0 Å². The van der Waals surface area contributed by atoms with Crippen LogP contribution in [0.25, 0.3) is 0 Å². The number of hydrogen-bond acceptors (Lipinski definition) is 4. The van der Waals surface area contributed by atoms with E-state index in [0.29, 0.717) is 22.5 Å². The number of likely N-dealkylation sites (N-methyl/N-ethyl adjacent to an activating group) is 1. The number of hydrogen-bond donors (Lipinski definition) is 0. The second kappa shape index (κ2) is 9.17. The van der Waals surface area contributed by atoms with Crippen LogP contribution in [0, 0.1) is 0 Å². The minimum atomic E-state index is 0.153. The number of rotatable bonds is 6. The minimum absolute atomic E-state index is 0.153. The highest BCUT2D eigenvalue weighted by molar-refractivity contribution is 8.17. The number of likely N-dealkylation sites (tertiary alicyclic amines) is 1. The molecular formula is C20H28Cl2N2OS2. The van der Waals surface area contributed by atoms with Gasteiger partial charge in [-0.25, -0.2) is 0 Å². The molecule has 1 aromatic rings. The molecule has 150 valence electrons. The molecule has 7 heteroatoms. The lowest BCUT2D eigenvalue weighted by Crippen LogP contribution is -2.49. The Hall–Kier alpha value is -0.0700. The van der Waals surface area contributed by atoms with Crippen molar-refractivity contribution in [2.45, 2.75) is 48.3 Å². The van der Waals surface area contributed by atoms with Crippen LogP contribution in [-0.2, 0) is 11.2 Å². The molecular weight excluding hydrogens is 419 g/mol. The third-order valence-corrected chi connectivity index (χ3v) is 9.96. The van der Waals surface area contributed by atoms with Crippen molar-refractivity contribution in [2.75, 3.05) is 32.6 Å². The van der Waals surface area contributed by atoms with E-state index >= 15 is 0 Å². The van der Waals surface area contributed by atoms with Crippen LogP contribution in [0.4, 0.5) is 0 Å². The highest BCUT2D eigenvalue weighted by Gasteiger charge is 2.49. The third kappa shape index (κ3) is 4.75. The molecule has 3 rings (SSSR count). The second-order valence-corrected chi connectivity index (χ2v) is 11.0. The van der Waals surface area contributed by atoms with Crippen LogP contribution in [0.15, 0.2) is 18.2 Å². The average Bonchev–Trinajstić information content (AvgIpc) is 3.32. The molecule has 1 saturated heterocycles. The predicted molar refractivity (Wildman–Crippen MR) is 120 cm³/mol. The summed E-state index contributed by atoms with van der Waals surface area (Å²) in [4.78, 5) is 17.7. The van der Waals surface area contributed by atoms with E-state index in [0.717, 1.165) is 31.5 Å². The number of thioether (sulfide) groups is 2. The van der Waals surface area contributed by atoms with Gasteiger partial charge in [0, 0.05) is 19.1 Å². The maximum Gasteiger partial charge on any atom is 0.227 e. The zero-order chi connectivity index (χ0) is 19.6. The van der Waals surface area contributed by atoms with Crippen LogP contribution in [-0.4, -0.2) is 64.5 Å². The van der Waals surface area contributed by atoms with E-state index in [9.17, 15) is 4.79 Å². The molecule has 1 aliphatic heterocycles. The molecule has 2 fully saturated rings. The molecule has 1 amide bonds. The molecule has 3 nitrogen and oxygen atoms in total. The molecule has 0 radical (unpaired) electrons. The van der Waals surface area contributed by atoms with Crippen molar-refractivity contribution in [3.63, 3.8) is 0 Å². The third-order valence-electron chi connectivity index (χ3n) is 6.07. The summed E-state index contributed by atoms with van der Waals surface area (Å²) < 4.78 is 0.204. The fourth-order valence-corrected chi connectivity index (χ4v) is 6.72. The van der Waals surface area contributed by atoms with Crippen molar-refractivity contribution in [3.05, 3.63) is 33.8 Å². The van der Waals surface area contributed by atoms with Crippen molar-refractivity contribution >= 4 is 52.6 Å². The van der Waals surface area contributed by atoms with E-state index in [4.69, 9.17) is 23.2 Å². The molecule has 2 unspecified atom stereocenters. The SMILES string of the molecule is CSC1(SC)CC(N2CCCC2)C(N(C)C(=O)Cc2ccc(Cl)c(Cl)c2)C1. The van der Waals surface area contributed by atoms with Gasteiger partial charge in [-0.05, 0) is 69.0 Å².